The Bertz CT molecular complexity index is 1010. The van der Waals surface area contributed by atoms with Gasteiger partial charge in [0.1, 0.15) is 5.82 Å². The Hall–Kier alpha value is -2.11. The van der Waals surface area contributed by atoms with Crippen molar-refractivity contribution in [1.82, 2.24) is 15.3 Å². The van der Waals surface area contributed by atoms with Crippen molar-refractivity contribution in [3.8, 4) is 0 Å². The lowest BCUT2D eigenvalue weighted by Gasteiger charge is -2.14. The Morgan fingerprint density at radius 3 is 2.70 bits per heavy atom. The van der Waals surface area contributed by atoms with Crippen LogP contribution in [0.25, 0.3) is 0 Å². The van der Waals surface area contributed by atoms with E-state index in [1.165, 1.54) is 6.26 Å². The van der Waals surface area contributed by atoms with Crippen LogP contribution in [0.4, 0.5) is 22.0 Å². The van der Waals surface area contributed by atoms with Crippen LogP contribution in [0.2, 0.25) is 5.28 Å². The van der Waals surface area contributed by atoms with Gasteiger partial charge in [-0.2, -0.15) is 4.98 Å². The van der Waals surface area contributed by atoms with E-state index in [9.17, 15) is 9.00 Å². The van der Waals surface area contributed by atoms with Crippen molar-refractivity contribution in [3.05, 3.63) is 34.2 Å². The molecule has 0 saturated carbocycles. The smallest absolute Gasteiger partial charge is 0.349 e. The van der Waals surface area contributed by atoms with Crippen LogP contribution in [0.1, 0.15) is 19.8 Å². The zero-order valence-corrected chi connectivity index (χ0v) is 19.9. The lowest BCUT2D eigenvalue weighted by atomic mass is 10.2. The number of anilines is 3. The van der Waals surface area contributed by atoms with E-state index in [2.05, 4.69) is 46.2 Å². The van der Waals surface area contributed by atoms with Crippen molar-refractivity contribution in [1.29, 1.82) is 0 Å². The number of hydrogen-bond acceptors (Lipinski definition) is 7. The molecule has 0 aliphatic heterocycles. The van der Waals surface area contributed by atoms with E-state index in [0.717, 1.165) is 17.3 Å². The van der Waals surface area contributed by atoms with Gasteiger partial charge < -0.3 is 21.7 Å². The Labute approximate surface area is 189 Å². The standard InChI is InChI=1S/C18H25BrClN7O2S/c1-3-22-18(28)27-30(2,29)15-7-6-12(21)10-14(15)23-8-4-5-9-24-16-13(19)11-25-17(20)26-16/h6-7,10-11,23H,3-5,8-9,21H2,1-2H3,(H,22,28)(H,24,25,26). The van der Waals surface area contributed by atoms with Crippen molar-refractivity contribution in [2.75, 3.05) is 42.3 Å². The summed E-state index contributed by atoms with van der Waals surface area (Å²) < 4.78 is 17.6. The molecule has 0 bridgehead atoms. The van der Waals surface area contributed by atoms with Crippen LogP contribution in [0, 0.1) is 0 Å². The fourth-order valence-corrected chi connectivity index (χ4v) is 4.36. The highest BCUT2D eigenvalue weighted by Crippen LogP contribution is 2.25. The molecule has 0 radical (unpaired) electrons. The summed E-state index contributed by atoms with van der Waals surface area (Å²) in [6.07, 6.45) is 4.71. The first-order valence-corrected chi connectivity index (χ1v) is 12.4. The van der Waals surface area contributed by atoms with Crippen LogP contribution in [0.3, 0.4) is 0 Å². The van der Waals surface area contributed by atoms with Crippen LogP contribution in [0.5, 0.6) is 0 Å². The molecule has 0 aliphatic rings. The van der Waals surface area contributed by atoms with Gasteiger partial charge in [-0.3, -0.25) is 0 Å². The molecule has 164 valence electrons. The maximum atomic E-state index is 13.0. The number of rotatable bonds is 9. The first-order valence-electron chi connectivity index (χ1n) is 9.28. The van der Waals surface area contributed by atoms with Crippen LogP contribution >= 0.6 is 27.5 Å². The molecule has 1 atom stereocenters. The number of nitrogens with one attached hydrogen (secondary N) is 3. The lowest BCUT2D eigenvalue weighted by molar-refractivity contribution is 0.250. The summed E-state index contributed by atoms with van der Waals surface area (Å²) >= 11 is 9.17. The second kappa shape index (κ2) is 11.3. The number of nitrogens with zero attached hydrogens (tertiary/aromatic N) is 3. The van der Waals surface area contributed by atoms with Gasteiger partial charge in [-0.25, -0.2) is 14.0 Å². The maximum absolute atomic E-state index is 13.0. The van der Waals surface area contributed by atoms with Gasteiger partial charge in [-0.1, -0.05) is 0 Å². The van der Waals surface area contributed by atoms with Crippen molar-refractivity contribution >= 4 is 60.5 Å². The van der Waals surface area contributed by atoms with Crippen LogP contribution in [-0.4, -0.2) is 46.1 Å². The third-order valence-electron chi connectivity index (χ3n) is 3.92. The molecule has 0 spiro atoms. The maximum Gasteiger partial charge on any atom is 0.349 e. The molecular weight excluding hydrogens is 494 g/mol. The fraction of sp³-hybridized carbons (Fsp3) is 0.389. The molecule has 1 unspecified atom stereocenters. The van der Waals surface area contributed by atoms with Gasteiger partial charge in [0.15, 0.2) is 0 Å². The molecule has 1 aromatic carbocycles. The van der Waals surface area contributed by atoms with E-state index in [0.29, 0.717) is 41.7 Å². The van der Waals surface area contributed by atoms with E-state index in [-0.39, 0.29) is 5.28 Å². The van der Waals surface area contributed by atoms with E-state index >= 15 is 0 Å². The number of benzene rings is 1. The molecule has 1 aromatic heterocycles. The molecular formula is C18H25BrClN7O2S. The van der Waals surface area contributed by atoms with Crippen molar-refractivity contribution < 1.29 is 9.00 Å². The summed E-state index contributed by atoms with van der Waals surface area (Å²) in [5, 5.41) is 9.16. The van der Waals surface area contributed by atoms with Gasteiger partial charge >= 0.3 is 6.03 Å². The fourth-order valence-electron chi connectivity index (χ4n) is 2.56. The van der Waals surface area contributed by atoms with Crippen LogP contribution < -0.4 is 21.7 Å². The van der Waals surface area contributed by atoms with Gasteiger partial charge in [0.05, 0.1) is 24.8 Å². The first kappa shape index (κ1) is 24.2. The van der Waals surface area contributed by atoms with E-state index in [1.54, 1.807) is 31.3 Å². The number of nitrogens with two attached hydrogens (primary N) is 1. The Balaban J connectivity index is 1.95. The normalized spacial score (nSPS) is 12.7. The highest BCUT2D eigenvalue weighted by molar-refractivity contribution is 9.10. The number of halogens is 2. The molecule has 2 amide bonds. The molecule has 12 heteroatoms. The Morgan fingerprint density at radius 2 is 2.00 bits per heavy atom. The van der Waals surface area contributed by atoms with Crippen LogP contribution in [0.15, 0.2) is 38.1 Å². The number of carbonyl (C=O) groups is 1. The molecule has 2 aromatic rings. The van der Waals surface area contributed by atoms with Gasteiger partial charge in [0.2, 0.25) is 5.28 Å². The predicted octanol–water partition coefficient (Wildman–Crippen LogP) is 3.97. The summed E-state index contributed by atoms with van der Waals surface area (Å²) in [4.78, 5) is 20.2. The lowest BCUT2D eigenvalue weighted by Crippen LogP contribution is -2.20. The van der Waals surface area contributed by atoms with E-state index in [4.69, 9.17) is 17.3 Å². The molecule has 0 fully saturated rings. The highest BCUT2D eigenvalue weighted by Gasteiger charge is 2.14. The largest absolute Gasteiger partial charge is 0.399 e. The van der Waals surface area contributed by atoms with Crippen LogP contribution in [-0.2, 0) is 9.73 Å². The average Bonchev–Trinajstić information content (AvgIpc) is 2.66. The summed E-state index contributed by atoms with van der Waals surface area (Å²) in [5.74, 6) is 0.638. The SMILES string of the molecule is CCNC(=O)N=S(C)(=O)c1ccc(N)cc1NCCCCNc1nc(Cl)ncc1Br. The predicted molar refractivity (Wildman–Crippen MR) is 126 cm³/mol. The zero-order valence-electron chi connectivity index (χ0n) is 16.7. The average molecular weight is 519 g/mol. The second-order valence-corrected chi connectivity index (χ2v) is 9.80. The summed E-state index contributed by atoms with van der Waals surface area (Å²) in [6, 6.07) is 4.38. The van der Waals surface area contributed by atoms with Crippen molar-refractivity contribution in [3.63, 3.8) is 0 Å². The Morgan fingerprint density at radius 1 is 1.30 bits per heavy atom. The monoisotopic (exact) mass is 517 g/mol. The number of urea groups is 1. The highest BCUT2D eigenvalue weighted by atomic mass is 79.9. The van der Waals surface area contributed by atoms with Gasteiger partial charge in [0, 0.05) is 37.8 Å². The topological polar surface area (TPSA) is 134 Å². The van der Waals surface area contributed by atoms with Crippen molar-refractivity contribution in [2.24, 2.45) is 4.36 Å². The summed E-state index contributed by atoms with van der Waals surface area (Å²) in [5.41, 5.74) is 7.02. The number of unbranched alkanes of at least 4 members (excludes halogenated alkanes) is 1. The Kier molecular flexibility index (Phi) is 9.12. The molecule has 2 rings (SSSR count). The first-order chi connectivity index (χ1) is 14.2. The second-order valence-electron chi connectivity index (χ2n) is 6.38. The third-order valence-corrected chi connectivity index (χ3v) is 6.37. The molecule has 1 heterocycles. The van der Waals surface area contributed by atoms with Gasteiger partial charge in [0.25, 0.3) is 0 Å². The number of carbonyl (C=O) groups excluding carboxylic acids is 1. The minimum Gasteiger partial charge on any atom is -0.399 e. The zero-order chi connectivity index (χ0) is 22.1. The van der Waals surface area contributed by atoms with E-state index < -0.39 is 15.8 Å². The molecule has 30 heavy (non-hydrogen) atoms. The van der Waals surface area contributed by atoms with Gasteiger partial charge in [-0.15, -0.1) is 4.36 Å². The quantitative estimate of drug-likeness (QED) is 0.224. The van der Waals surface area contributed by atoms with E-state index in [1.807, 2.05) is 0 Å². The molecule has 0 saturated heterocycles. The van der Waals surface area contributed by atoms with Crippen molar-refractivity contribution in [2.45, 2.75) is 24.7 Å². The number of amides is 2. The molecule has 0 aliphatic carbocycles. The summed E-state index contributed by atoms with van der Waals surface area (Å²) in [6.45, 7) is 3.50. The minimum atomic E-state index is -2.92. The van der Waals surface area contributed by atoms with Gasteiger partial charge in [-0.05, 0) is 65.5 Å². The molecule has 9 nitrogen and oxygen atoms in total. The number of aromatic nitrogens is 2. The number of hydrogen-bond donors (Lipinski definition) is 4. The minimum absolute atomic E-state index is 0.178. The third kappa shape index (κ3) is 7.29. The number of nitrogen functional groups attached to an aromatic ring is 1. The summed E-state index contributed by atoms with van der Waals surface area (Å²) in [7, 11) is -2.92. The molecule has 5 N–H and O–H groups in total.